The molecule has 1 fully saturated rings. The van der Waals surface area contributed by atoms with Gasteiger partial charge in [-0.2, -0.15) is 0 Å². The second kappa shape index (κ2) is 8.21. The highest BCUT2D eigenvalue weighted by molar-refractivity contribution is 7.89. The van der Waals surface area contributed by atoms with Gasteiger partial charge in [-0.05, 0) is 24.3 Å². The highest BCUT2D eigenvalue weighted by Gasteiger charge is 2.21. The number of anilines is 1. The summed E-state index contributed by atoms with van der Waals surface area (Å²) in [6.07, 6.45) is 0. The predicted octanol–water partition coefficient (Wildman–Crippen LogP) is 1.94. The minimum Gasteiger partial charge on any atom is -0.369 e. The van der Waals surface area contributed by atoms with Crippen LogP contribution in [-0.2, 0) is 10.0 Å². The van der Waals surface area contributed by atoms with E-state index in [9.17, 15) is 13.2 Å². The zero-order valence-corrected chi connectivity index (χ0v) is 16.5. The Balaban J connectivity index is 1.57. The molecule has 144 valence electrons. The van der Waals surface area contributed by atoms with Crippen LogP contribution in [0, 0.1) is 0 Å². The van der Waals surface area contributed by atoms with Gasteiger partial charge in [0.15, 0.2) is 5.78 Å². The minimum absolute atomic E-state index is 0.0111. The second-order valence-corrected chi connectivity index (χ2v) is 8.99. The summed E-state index contributed by atoms with van der Waals surface area (Å²) >= 11 is 0. The maximum absolute atomic E-state index is 12.5. The Morgan fingerprint density at radius 2 is 1.52 bits per heavy atom. The molecule has 3 rings (SSSR count). The topological polar surface area (TPSA) is 60.9 Å². The van der Waals surface area contributed by atoms with Gasteiger partial charge < -0.3 is 4.90 Å². The molecule has 1 saturated heterocycles. The quantitative estimate of drug-likeness (QED) is 0.709. The van der Waals surface area contributed by atoms with Crippen LogP contribution in [-0.4, -0.2) is 70.2 Å². The predicted molar refractivity (Wildman–Crippen MR) is 107 cm³/mol. The molecule has 0 spiro atoms. The number of sulfonamides is 1. The maximum Gasteiger partial charge on any atom is 0.242 e. The first-order valence-corrected chi connectivity index (χ1v) is 10.4. The van der Waals surface area contributed by atoms with Gasteiger partial charge in [-0.3, -0.25) is 9.69 Å². The van der Waals surface area contributed by atoms with Crippen molar-refractivity contribution in [3.63, 3.8) is 0 Å². The summed E-state index contributed by atoms with van der Waals surface area (Å²) < 4.78 is 25.4. The lowest BCUT2D eigenvalue weighted by molar-refractivity contribution is 0.0926. The van der Waals surface area contributed by atoms with Crippen LogP contribution in [0.5, 0.6) is 0 Å². The summed E-state index contributed by atoms with van der Waals surface area (Å²) in [7, 11) is -0.494. The van der Waals surface area contributed by atoms with Crippen LogP contribution in [0.1, 0.15) is 10.4 Å². The number of ketones is 1. The van der Waals surface area contributed by atoms with Gasteiger partial charge in [-0.15, -0.1) is 0 Å². The summed E-state index contributed by atoms with van der Waals surface area (Å²) in [6, 6.07) is 16.5. The van der Waals surface area contributed by atoms with Crippen LogP contribution in [0.25, 0.3) is 0 Å². The fourth-order valence-electron chi connectivity index (χ4n) is 3.12. The molecule has 27 heavy (non-hydrogen) atoms. The maximum atomic E-state index is 12.5. The van der Waals surface area contributed by atoms with Gasteiger partial charge in [-0.25, -0.2) is 12.7 Å². The van der Waals surface area contributed by atoms with Crippen molar-refractivity contribution in [2.45, 2.75) is 4.90 Å². The van der Waals surface area contributed by atoms with Crippen LogP contribution < -0.4 is 4.90 Å². The van der Waals surface area contributed by atoms with Gasteiger partial charge in [0, 0.05) is 51.5 Å². The van der Waals surface area contributed by atoms with Crippen LogP contribution in [0.3, 0.4) is 0 Å². The first kappa shape index (κ1) is 19.5. The van der Waals surface area contributed by atoms with E-state index >= 15 is 0 Å². The van der Waals surface area contributed by atoms with E-state index < -0.39 is 10.0 Å². The summed E-state index contributed by atoms with van der Waals surface area (Å²) in [5.74, 6) is 0.0111. The van der Waals surface area contributed by atoms with Crippen molar-refractivity contribution in [3.8, 4) is 0 Å². The molecule has 1 aliphatic heterocycles. The molecular weight excluding hydrogens is 362 g/mol. The largest absolute Gasteiger partial charge is 0.369 e. The molecule has 0 saturated carbocycles. The van der Waals surface area contributed by atoms with E-state index in [0.717, 1.165) is 30.5 Å². The first-order chi connectivity index (χ1) is 12.9. The van der Waals surface area contributed by atoms with Crippen molar-refractivity contribution in [3.05, 3.63) is 60.2 Å². The Labute approximate surface area is 161 Å². The molecule has 0 atom stereocenters. The van der Waals surface area contributed by atoms with E-state index in [1.54, 1.807) is 12.1 Å². The van der Waals surface area contributed by atoms with Crippen molar-refractivity contribution in [1.82, 2.24) is 9.21 Å². The van der Waals surface area contributed by atoms with E-state index in [2.05, 4.69) is 21.9 Å². The monoisotopic (exact) mass is 387 g/mol. The van der Waals surface area contributed by atoms with Gasteiger partial charge in [0.1, 0.15) is 0 Å². The highest BCUT2D eigenvalue weighted by Crippen LogP contribution is 2.17. The number of Topliss-reactive ketones (excluding diaryl/α,β-unsaturated/α-hetero) is 1. The number of piperazine rings is 1. The van der Waals surface area contributed by atoms with E-state index in [4.69, 9.17) is 0 Å². The summed E-state index contributed by atoms with van der Waals surface area (Å²) in [6.45, 7) is 3.78. The van der Waals surface area contributed by atoms with Crippen LogP contribution in [0.4, 0.5) is 5.69 Å². The lowest BCUT2D eigenvalue weighted by Gasteiger charge is -2.35. The fraction of sp³-hybridized carbons (Fsp3) is 0.350. The number of nitrogens with zero attached hydrogens (tertiary/aromatic N) is 3. The third-order valence-corrected chi connectivity index (χ3v) is 6.65. The van der Waals surface area contributed by atoms with Crippen molar-refractivity contribution in [2.75, 3.05) is 51.7 Å². The number of carbonyl (C=O) groups is 1. The number of para-hydroxylation sites is 1. The highest BCUT2D eigenvalue weighted by atomic mass is 32.2. The van der Waals surface area contributed by atoms with E-state index in [-0.39, 0.29) is 10.7 Å². The van der Waals surface area contributed by atoms with Crippen molar-refractivity contribution in [2.24, 2.45) is 0 Å². The Hall–Kier alpha value is -2.22. The van der Waals surface area contributed by atoms with Crippen LogP contribution in [0.2, 0.25) is 0 Å². The van der Waals surface area contributed by atoms with Crippen molar-refractivity contribution in [1.29, 1.82) is 0 Å². The molecule has 0 bridgehead atoms. The summed E-state index contributed by atoms with van der Waals surface area (Å²) in [5, 5.41) is 0. The molecule has 0 aromatic heterocycles. The van der Waals surface area contributed by atoms with Crippen molar-refractivity contribution < 1.29 is 13.2 Å². The van der Waals surface area contributed by atoms with Gasteiger partial charge in [0.2, 0.25) is 10.0 Å². The Morgan fingerprint density at radius 1 is 0.926 bits per heavy atom. The number of hydrogen-bond acceptors (Lipinski definition) is 5. The van der Waals surface area contributed by atoms with E-state index in [0.29, 0.717) is 12.1 Å². The Morgan fingerprint density at radius 3 is 2.07 bits per heavy atom. The zero-order valence-electron chi connectivity index (χ0n) is 15.7. The molecule has 7 heteroatoms. The van der Waals surface area contributed by atoms with Gasteiger partial charge in [-0.1, -0.05) is 30.3 Å². The molecule has 2 aromatic rings. The number of rotatable bonds is 6. The SMILES string of the molecule is CN(C)S(=O)(=O)c1ccc(C(=O)CN2CCN(c3ccccc3)CC2)cc1. The smallest absolute Gasteiger partial charge is 0.242 e. The molecule has 0 unspecified atom stereocenters. The van der Waals surface area contributed by atoms with Gasteiger partial charge in [0.05, 0.1) is 11.4 Å². The molecule has 0 N–H and O–H groups in total. The summed E-state index contributed by atoms with van der Waals surface area (Å²) in [4.78, 5) is 17.2. The van der Waals surface area contributed by atoms with E-state index in [1.807, 2.05) is 18.2 Å². The third kappa shape index (κ3) is 4.55. The average Bonchev–Trinajstić information content (AvgIpc) is 2.69. The molecule has 2 aromatic carbocycles. The molecular formula is C20H25N3O3S. The zero-order chi connectivity index (χ0) is 19.4. The Kier molecular flexibility index (Phi) is 5.94. The molecule has 1 aliphatic rings. The molecule has 0 aliphatic carbocycles. The first-order valence-electron chi connectivity index (χ1n) is 8.96. The van der Waals surface area contributed by atoms with Crippen LogP contribution in [0.15, 0.2) is 59.5 Å². The Bertz CT molecular complexity index is 872. The van der Waals surface area contributed by atoms with Gasteiger partial charge >= 0.3 is 0 Å². The summed E-state index contributed by atoms with van der Waals surface area (Å²) in [5.41, 5.74) is 1.75. The average molecular weight is 388 g/mol. The number of benzene rings is 2. The normalized spacial score (nSPS) is 15.9. The molecule has 6 nitrogen and oxygen atoms in total. The third-order valence-electron chi connectivity index (χ3n) is 4.82. The lowest BCUT2D eigenvalue weighted by Crippen LogP contribution is -2.48. The van der Waals surface area contributed by atoms with Gasteiger partial charge in [0.25, 0.3) is 0 Å². The van der Waals surface area contributed by atoms with E-state index in [1.165, 1.54) is 31.9 Å². The molecule has 0 radical (unpaired) electrons. The van der Waals surface area contributed by atoms with Crippen molar-refractivity contribution >= 4 is 21.5 Å². The number of carbonyl (C=O) groups excluding carboxylic acids is 1. The number of hydrogen-bond donors (Lipinski definition) is 0. The van der Waals surface area contributed by atoms with Crippen LogP contribution >= 0.6 is 0 Å². The molecule has 0 amide bonds. The molecule has 1 heterocycles. The lowest BCUT2D eigenvalue weighted by atomic mass is 10.1. The fourth-order valence-corrected chi connectivity index (χ4v) is 4.02. The standard InChI is InChI=1S/C20H25N3O3S/c1-21(2)27(25,26)19-10-8-17(9-11-19)20(24)16-22-12-14-23(15-13-22)18-6-4-3-5-7-18/h3-11H,12-16H2,1-2H3. The second-order valence-electron chi connectivity index (χ2n) is 6.83. The minimum atomic E-state index is -3.47.